The van der Waals surface area contributed by atoms with E-state index in [2.05, 4.69) is 31.5 Å². The van der Waals surface area contributed by atoms with Crippen molar-refractivity contribution < 1.29 is 9.59 Å². The minimum absolute atomic E-state index is 0.0516. The van der Waals surface area contributed by atoms with Gasteiger partial charge in [-0.25, -0.2) is 9.78 Å². The van der Waals surface area contributed by atoms with Crippen molar-refractivity contribution >= 4 is 39.2 Å². The third-order valence-corrected chi connectivity index (χ3v) is 3.65. The van der Waals surface area contributed by atoms with Crippen molar-refractivity contribution in [1.82, 2.24) is 4.98 Å². The summed E-state index contributed by atoms with van der Waals surface area (Å²) in [5.41, 5.74) is 2.07. The highest BCUT2D eigenvalue weighted by Crippen LogP contribution is 2.17. The maximum atomic E-state index is 11.9. The summed E-state index contributed by atoms with van der Waals surface area (Å²) >= 11 is 3.35. The molecule has 0 atom stereocenters. The fourth-order valence-corrected chi connectivity index (χ4v) is 1.92. The van der Waals surface area contributed by atoms with E-state index in [1.807, 2.05) is 6.92 Å². The number of halogens is 1. The van der Waals surface area contributed by atoms with Crippen LogP contribution in [0.5, 0.6) is 0 Å². The second-order valence-corrected chi connectivity index (χ2v) is 5.39. The molecule has 21 heavy (non-hydrogen) atoms. The van der Waals surface area contributed by atoms with Gasteiger partial charge in [0, 0.05) is 21.9 Å². The number of hydrogen-bond donors (Lipinski definition) is 2. The van der Waals surface area contributed by atoms with Crippen molar-refractivity contribution in [2.45, 2.75) is 13.8 Å². The van der Waals surface area contributed by atoms with Crippen LogP contribution in [0.1, 0.15) is 22.8 Å². The van der Waals surface area contributed by atoms with Crippen molar-refractivity contribution in [3.63, 3.8) is 0 Å². The number of pyridine rings is 1. The number of ketones is 1. The van der Waals surface area contributed by atoms with Gasteiger partial charge in [-0.3, -0.25) is 10.1 Å². The molecule has 1 aromatic heterocycles. The van der Waals surface area contributed by atoms with E-state index in [-0.39, 0.29) is 5.78 Å². The number of Topliss-reactive ketones (excluding diaryl/α,β-unsaturated/α-hetero) is 1. The Hall–Kier alpha value is -2.21. The average molecular weight is 348 g/mol. The lowest BCUT2D eigenvalue weighted by Crippen LogP contribution is -2.20. The van der Waals surface area contributed by atoms with Gasteiger partial charge >= 0.3 is 6.03 Å². The van der Waals surface area contributed by atoms with E-state index >= 15 is 0 Å². The molecule has 0 aliphatic heterocycles. The number of aromatic nitrogens is 1. The molecular weight excluding hydrogens is 334 g/mol. The zero-order chi connectivity index (χ0) is 15.4. The molecule has 0 fully saturated rings. The largest absolute Gasteiger partial charge is 0.324 e. The molecule has 0 saturated carbocycles. The molecule has 0 bridgehead atoms. The third kappa shape index (κ3) is 4.13. The molecule has 5 nitrogen and oxygen atoms in total. The summed E-state index contributed by atoms with van der Waals surface area (Å²) < 4.78 is 0.877. The van der Waals surface area contributed by atoms with E-state index in [4.69, 9.17) is 0 Å². The van der Waals surface area contributed by atoms with Gasteiger partial charge in [-0.2, -0.15) is 0 Å². The second-order valence-electron chi connectivity index (χ2n) is 4.53. The van der Waals surface area contributed by atoms with Crippen molar-refractivity contribution in [1.29, 1.82) is 0 Å². The number of amides is 2. The summed E-state index contributed by atoms with van der Waals surface area (Å²) in [7, 11) is 0. The Kier molecular flexibility index (Phi) is 4.70. The average Bonchev–Trinajstić information content (AvgIpc) is 2.43. The third-order valence-electron chi connectivity index (χ3n) is 2.82. The van der Waals surface area contributed by atoms with Crippen molar-refractivity contribution in [2.75, 3.05) is 10.6 Å². The maximum absolute atomic E-state index is 11.9. The van der Waals surface area contributed by atoms with Gasteiger partial charge in [-0.1, -0.05) is 12.1 Å². The SMILES string of the molecule is CC(=O)c1cccc(NC(=O)Nc2cc(C)c(Br)cn2)c1. The lowest BCUT2D eigenvalue weighted by Gasteiger charge is -2.08. The molecule has 1 aromatic carbocycles. The van der Waals surface area contributed by atoms with Crippen LogP contribution in [0.2, 0.25) is 0 Å². The molecular formula is C15H14BrN3O2. The molecule has 2 amide bonds. The first-order valence-corrected chi connectivity index (χ1v) is 7.06. The number of carbonyl (C=O) groups is 2. The van der Waals surface area contributed by atoms with Gasteiger partial charge in [0.2, 0.25) is 0 Å². The number of urea groups is 1. The fraction of sp³-hybridized carbons (Fsp3) is 0.133. The predicted octanol–water partition coefficient (Wildman–Crippen LogP) is 4.00. The molecule has 2 aromatic rings. The zero-order valence-electron chi connectivity index (χ0n) is 11.6. The molecule has 1 heterocycles. The van der Waals surface area contributed by atoms with Crippen LogP contribution in [0.4, 0.5) is 16.3 Å². The summed E-state index contributed by atoms with van der Waals surface area (Å²) in [6.07, 6.45) is 1.63. The molecule has 2 rings (SSSR count). The van der Waals surface area contributed by atoms with Crippen LogP contribution in [0.15, 0.2) is 41.0 Å². The van der Waals surface area contributed by atoms with Crippen LogP contribution in [-0.2, 0) is 0 Å². The maximum Gasteiger partial charge on any atom is 0.324 e. The minimum atomic E-state index is -0.412. The number of hydrogen-bond acceptors (Lipinski definition) is 3. The van der Waals surface area contributed by atoms with Gasteiger partial charge in [0.25, 0.3) is 0 Å². The number of carbonyl (C=O) groups excluding carboxylic acids is 2. The monoisotopic (exact) mass is 347 g/mol. The summed E-state index contributed by atoms with van der Waals surface area (Å²) in [5, 5.41) is 5.31. The van der Waals surface area contributed by atoms with Crippen LogP contribution >= 0.6 is 15.9 Å². The Labute approximate surface area is 130 Å². The standard InChI is InChI=1S/C15H14BrN3O2/c1-9-6-14(17-8-13(9)16)19-15(21)18-12-5-3-4-11(7-12)10(2)20/h3-8H,1-2H3,(H2,17,18,19,21). The quantitative estimate of drug-likeness (QED) is 0.824. The Morgan fingerprint density at radius 2 is 1.95 bits per heavy atom. The summed E-state index contributed by atoms with van der Waals surface area (Å²) in [5.74, 6) is 0.403. The molecule has 0 aliphatic carbocycles. The molecule has 0 radical (unpaired) electrons. The molecule has 108 valence electrons. The van der Waals surface area contributed by atoms with E-state index in [1.54, 1.807) is 36.5 Å². The normalized spacial score (nSPS) is 10.0. The highest BCUT2D eigenvalue weighted by atomic mass is 79.9. The smallest absolute Gasteiger partial charge is 0.308 e. The Bertz CT molecular complexity index is 701. The Balaban J connectivity index is 2.06. The van der Waals surface area contributed by atoms with Gasteiger partial charge < -0.3 is 5.32 Å². The number of benzene rings is 1. The number of anilines is 2. The van der Waals surface area contributed by atoms with Crippen LogP contribution in [0, 0.1) is 6.92 Å². The van der Waals surface area contributed by atoms with E-state index in [1.165, 1.54) is 6.92 Å². The molecule has 0 unspecified atom stereocenters. The minimum Gasteiger partial charge on any atom is -0.308 e. The highest BCUT2D eigenvalue weighted by Gasteiger charge is 2.06. The highest BCUT2D eigenvalue weighted by molar-refractivity contribution is 9.10. The van der Waals surface area contributed by atoms with Crippen LogP contribution in [0.25, 0.3) is 0 Å². The molecule has 2 N–H and O–H groups in total. The Morgan fingerprint density at radius 3 is 2.62 bits per heavy atom. The number of aryl methyl sites for hydroxylation is 1. The van der Waals surface area contributed by atoms with Crippen molar-refractivity contribution in [2.24, 2.45) is 0 Å². The first-order chi connectivity index (χ1) is 9.95. The Morgan fingerprint density at radius 1 is 1.19 bits per heavy atom. The van der Waals surface area contributed by atoms with Gasteiger partial charge in [0.15, 0.2) is 5.78 Å². The summed E-state index contributed by atoms with van der Waals surface area (Å²) in [6, 6.07) is 8.11. The van der Waals surface area contributed by atoms with Crippen LogP contribution in [0.3, 0.4) is 0 Å². The van der Waals surface area contributed by atoms with Gasteiger partial charge in [0.05, 0.1) is 0 Å². The number of rotatable bonds is 3. The van der Waals surface area contributed by atoms with E-state index < -0.39 is 6.03 Å². The fourth-order valence-electron chi connectivity index (χ4n) is 1.70. The first kappa shape index (κ1) is 15.2. The first-order valence-electron chi connectivity index (χ1n) is 6.27. The molecule has 0 spiro atoms. The van der Waals surface area contributed by atoms with Crippen LogP contribution < -0.4 is 10.6 Å². The lowest BCUT2D eigenvalue weighted by atomic mass is 10.1. The van der Waals surface area contributed by atoms with E-state index in [0.29, 0.717) is 17.1 Å². The zero-order valence-corrected chi connectivity index (χ0v) is 13.2. The summed E-state index contributed by atoms with van der Waals surface area (Å²) in [4.78, 5) is 27.3. The van der Waals surface area contributed by atoms with E-state index in [9.17, 15) is 9.59 Å². The number of nitrogens with zero attached hydrogens (tertiary/aromatic N) is 1. The number of nitrogens with one attached hydrogen (secondary N) is 2. The van der Waals surface area contributed by atoms with Gasteiger partial charge in [-0.05, 0) is 53.5 Å². The topological polar surface area (TPSA) is 71.1 Å². The molecule has 0 saturated heterocycles. The molecule has 6 heteroatoms. The lowest BCUT2D eigenvalue weighted by molar-refractivity contribution is 0.101. The van der Waals surface area contributed by atoms with E-state index in [0.717, 1.165) is 10.0 Å². The van der Waals surface area contributed by atoms with Gasteiger partial charge in [-0.15, -0.1) is 0 Å². The van der Waals surface area contributed by atoms with Crippen molar-refractivity contribution in [3.8, 4) is 0 Å². The second kappa shape index (κ2) is 6.49. The van der Waals surface area contributed by atoms with Crippen molar-refractivity contribution in [3.05, 3.63) is 52.1 Å². The summed E-state index contributed by atoms with van der Waals surface area (Å²) in [6.45, 7) is 3.39. The predicted molar refractivity (Wildman–Crippen MR) is 85.8 cm³/mol. The van der Waals surface area contributed by atoms with Crippen LogP contribution in [-0.4, -0.2) is 16.8 Å². The molecule has 0 aliphatic rings. The van der Waals surface area contributed by atoms with Gasteiger partial charge in [0.1, 0.15) is 5.82 Å².